The Morgan fingerprint density at radius 2 is 1.67 bits per heavy atom. The van der Waals surface area contributed by atoms with Crippen LogP contribution < -0.4 is 0 Å². The van der Waals surface area contributed by atoms with Crippen molar-refractivity contribution in [1.29, 1.82) is 0 Å². The first-order valence-electron chi connectivity index (χ1n) is 10.0. The van der Waals surface area contributed by atoms with Gasteiger partial charge >= 0.3 is 0 Å². The van der Waals surface area contributed by atoms with Gasteiger partial charge in [-0.25, -0.2) is 0 Å². The van der Waals surface area contributed by atoms with Crippen LogP contribution in [0.15, 0.2) is 60.8 Å². The molecular formula is C24H28N2O. The molecule has 0 radical (unpaired) electrons. The Labute approximate surface area is 161 Å². The van der Waals surface area contributed by atoms with Crippen LogP contribution in [-0.2, 0) is 11.8 Å². The second-order valence-electron chi connectivity index (χ2n) is 7.81. The van der Waals surface area contributed by atoms with Crippen molar-refractivity contribution in [3.63, 3.8) is 0 Å². The normalized spacial score (nSPS) is 16.6. The predicted molar refractivity (Wildman–Crippen MR) is 111 cm³/mol. The number of rotatable bonds is 5. The van der Waals surface area contributed by atoms with E-state index >= 15 is 0 Å². The van der Waals surface area contributed by atoms with Gasteiger partial charge in [-0.05, 0) is 36.0 Å². The molecule has 1 fully saturated rings. The number of aromatic nitrogens is 1. The molecule has 0 bridgehead atoms. The van der Waals surface area contributed by atoms with Crippen LogP contribution in [0.5, 0.6) is 0 Å². The Kier molecular flexibility index (Phi) is 5.02. The van der Waals surface area contributed by atoms with Gasteiger partial charge in [-0.3, -0.25) is 4.79 Å². The van der Waals surface area contributed by atoms with Crippen molar-refractivity contribution >= 4 is 16.8 Å². The highest BCUT2D eigenvalue weighted by Crippen LogP contribution is 2.40. The molecule has 0 N–H and O–H groups in total. The molecule has 2 atom stereocenters. The molecule has 0 spiro atoms. The minimum Gasteiger partial charge on any atom is -0.350 e. The van der Waals surface area contributed by atoms with Crippen molar-refractivity contribution in [2.45, 2.75) is 38.0 Å². The van der Waals surface area contributed by atoms with E-state index in [1.807, 2.05) is 0 Å². The topological polar surface area (TPSA) is 25.2 Å². The van der Waals surface area contributed by atoms with E-state index in [4.69, 9.17) is 0 Å². The van der Waals surface area contributed by atoms with Crippen molar-refractivity contribution in [2.75, 3.05) is 13.1 Å². The molecule has 3 nitrogen and oxygen atoms in total. The molecule has 0 aliphatic carbocycles. The quantitative estimate of drug-likeness (QED) is 0.623. The number of likely N-dealkylation sites (tertiary alicyclic amines) is 1. The number of benzene rings is 2. The number of amides is 1. The molecular weight excluding hydrogens is 332 g/mol. The van der Waals surface area contributed by atoms with Crippen molar-refractivity contribution < 1.29 is 4.79 Å². The summed E-state index contributed by atoms with van der Waals surface area (Å²) in [7, 11) is 2.10. The van der Waals surface area contributed by atoms with Gasteiger partial charge < -0.3 is 9.47 Å². The lowest BCUT2D eigenvalue weighted by Crippen LogP contribution is -2.29. The first-order valence-corrected chi connectivity index (χ1v) is 10.0. The number of fused-ring (bicyclic) bond motifs is 1. The zero-order chi connectivity index (χ0) is 18.8. The third-order valence-electron chi connectivity index (χ3n) is 6.11. The van der Waals surface area contributed by atoms with Crippen molar-refractivity contribution in [3.8, 4) is 0 Å². The van der Waals surface area contributed by atoms with Gasteiger partial charge in [0.15, 0.2) is 0 Å². The number of nitrogens with zero attached hydrogens (tertiary/aromatic N) is 2. The molecule has 0 saturated carbocycles. The van der Waals surface area contributed by atoms with Gasteiger partial charge in [0.05, 0.1) is 0 Å². The zero-order valence-electron chi connectivity index (χ0n) is 16.3. The molecule has 27 heavy (non-hydrogen) atoms. The fraction of sp³-hybridized carbons (Fsp3) is 0.375. The van der Waals surface area contributed by atoms with E-state index in [0.29, 0.717) is 12.3 Å². The number of carbonyl (C=O) groups is 1. The van der Waals surface area contributed by atoms with Gasteiger partial charge in [-0.2, -0.15) is 0 Å². The molecule has 2 heterocycles. The summed E-state index contributed by atoms with van der Waals surface area (Å²) in [6.07, 6.45) is 5.08. The zero-order valence-corrected chi connectivity index (χ0v) is 16.3. The van der Waals surface area contributed by atoms with Crippen LogP contribution in [0.1, 0.15) is 49.1 Å². The lowest BCUT2D eigenvalue weighted by Gasteiger charge is -2.26. The van der Waals surface area contributed by atoms with Crippen LogP contribution in [-0.4, -0.2) is 28.5 Å². The van der Waals surface area contributed by atoms with E-state index in [9.17, 15) is 4.79 Å². The largest absolute Gasteiger partial charge is 0.350 e. The van der Waals surface area contributed by atoms with E-state index in [2.05, 4.69) is 84.2 Å². The number of carbonyl (C=O) groups excluding carboxylic acids is 1. The molecule has 1 aromatic heterocycles. The molecule has 4 rings (SSSR count). The lowest BCUT2D eigenvalue weighted by atomic mass is 9.80. The second-order valence-corrected chi connectivity index (χ2v) is 7.81. The Morgan fingerprint density at radius 1 is 1.00 bits per heavy atom. The number of para-hydroxylation sites is 1. The first-order chi connectivity index (χ1) is 13.1. The Balaban J connectivity index is 1.74. The highest BCUT2D eigenvalue weighted by atomic mass is 16.2. The third kappa shape index (κ3) is 3.51. The highest BCUT2D eigenvalue weighted by molar-refractivity contribution is 5.86. The summed E-state index contributed by atoms with van der Waals surface area (Å²) in [6, 6.07) is 19.1. The van der Waals surface area contributed by atoms with Gasteiger partial charge in [-0.15, -0.1) is 0 Å². The Hall–Kier alpha value is -2.55. The SMILES string of the molecule is C[C@H](c1ccccc1)[C@H](CC(=O)N1CCCC1)c1cn(C)c2ccccc12. The molecule has 1 amide bonds. The molecule has 0 unspecified atom stereocenters. The summed E-state index contributed by atoms with van der Waals surface area (Å²) in [6.45, 7) is 4.10. The molecule has 3 heteroatoms. The summed E-state index contributed by atoms with van der Waals surface area (Å²) in [5.74, 6) is 0.753. The molecule has 1 aliphatic heterocycles. The summed E-state index contributed by atoms with van der Waals surface area (Å²) >= 11 is 0. The van der Waals surface area contributed by atoms with E-state index in [0.717, 1.165) is 25.9 Å². The van der Waals surface area contributed by atoms with Crippen LogP contribution in [0.2, 0.25) is 0 Å². The van der Waals surface area contributed by atoms with E-state index in [1.54, 1.807) is 0 Å². The number of aryl methyl sites for hydroxylation is 1. The van der Waals surface area contributed by atoms with Crippen LogP contribution in [0.4, 0.5) is 0 Å². The first kappa shape index (κ1) is 17.8. The van der Waals surface area contributed by atoms with Crippen molar-refractivity contribution in [2.24, 2.45) is 7.05 Å². The monoisotopic (exact) mass is 360 g/mol. The fourth-order valence-corrected chi connectivity index (χ4v) is 4.50. The maximum absolute atomic E-state index is 13.0. The van der Waals surface area contributed by atoms with E-state index in [-0.39, 0.29) is 11.8 Å². The Bertz CT molecular complexity index is 922. The summed E-state index contributed by atoms with van der Waals surface area (Å²) in [4.78, 5) is 15.1. The van der Waals surface area contributed by atoms with Gasteiger partial charge in [0.25, 0.3) is 0 Å². The molecule has 1 saturated heterocycles. The number of hydrogen-bond acceptors (Lipinski definition) is 1. The lowest BCUT2D eigenvalue weighted by molar-refractivity contribution is -0.130. The van der Waals surface area contributed by atoms with E-state index in [1.165, 1.54) is 22.0 Å². The van der Waals surface area contributed by atoms with Crippen molar-refractivity contribution in [3.05, 3.63) is 71.9 Å². The summed E-state index contributed by atoms with van der Waals surface area (Å²) in [5, 5.41) is 1.27. The summed E-state index contributed by atoms with van der Waals surface area (Å²) in [5.41, 5.74) is 3.81. The maximum Gasteiger partial charge on any atom is 0.223 e. The molecule has 3 aromatic rings. The average Bonchev–Trinajstić information content (AvgIpc) is 3.35. The smallest absolute Gasteiger partial charge is 0.223 e. The maximum atomic E-state index is 13.0. The minimum atomic E-state index is 0.173. The second kappa shape index (κ2) is 7.59. The highest BCUT2D eigenvalue weighted by Gasteiger charge is 2.29. The van der Waals surface area contributed by atoms with Crippen molar-refractivity contribution in [1.82, 2.24) is 9.47 Å². The van der Waals surface area contributed by atoms with Crippen LogP contribution in [0.25, 0.3) is 10.9 Å². The Morgan fingerprint density at radius 3 is 2.41 bits per heavy atom. The van der Waals surface area contributed by atoms with E-state index < -0.39 is 0 Å². The fourth-order valence-electron chi connectivity index (χ4n) is 4.50. The van der Waals surface area contributed by atoms with Gasteiger partial charge in [0.1, 0.15) is 0 Å². The molecule has 1 aliphatic rings. The molecule has 140 valence electrons. The van der Waals surface area contributed by atoms with Crippen LogP contribution in [0.3, 0.4) is 0 Å². The number of hydrogen-bond donors (Lipinski definition) is 0. The standard InChI is InChI=1S/C24H28N2O/c1-18(19-10-4-3-5-11-19)21(16-24(27)26-14-8-9-15-26)22-17-25(2)23-13-7-6-12-20(22)23/h3-7,10-13,17-18,21H,8-9,14-16H2,1-2H3/t18-,21+/m1/s1. The van der Waals surface area contributed by atoms with Gasteiger partial charge in [0, 0.05) is 49.6 Å². The van der Waals surface area contributed by atoms with Crippen LogP contribution >= 0.6 is 0 Å². The molecule has 2 aromatic carbocycles. The average molecular weight is 361 g/mol. The minimum absolute atomic E-state index is 0.173. The van der Waals surface area contributed by atoms with Gasteiger partial charge in [-0.1, -0.05) is 55.5 Å². The van der Waals surface area contributed by atoms with Crippen LogP contribution in [0, 0.1) is 0 Å². The predicted octanol–water partition coefficient (Wildman–Crippen LogP) is 5.08. The van der Waals surface area contributed by atoms with Gasteiger partial charge in [0.2, 0.25) is 5.91 Å². The third-order valence-corrected chi connectivity index (χ3v) is 6.11. The summed E-state index contributed by atoms with van der Waals surface area (Å²) < 4.78 is 2.19.